The zero-order valence-electron chi connectivity index (χ0n) is 10.6. The van der Waals surface area contributed by atoms with Gasteiger partial charge >= 0.3 is 6.01 Å². The van der Waals surface area contributed by atoms with Crippen molar-refractivity contribution in [3.8, 4) is 12.1 Å². The van der Waals surface area contributed by atoms with E-state index in [4.69, 9.17) is 14.7 Å². The average Bonchev–Trinajstić information content (AvgIpc) is 2.28. The van der Waals surface area contributed by atoms with Gasteiger partial charge in [-0.2, -0.15) is 10.2 Å². The number of hydrogen-bond acceptors (Lipinski definition) is 5. The molecule has 5 heteroatoms. The lowest BCUT2D eigenvalue weighted by Crippen LogP contribution is -2.25. The van der Waals surface area contributed by atoms with Gasteiger partial charge in [0.2, 0.25) is 0 Å². The second-order valence-electron chi connectivity index (χ2n) is 4.35. The Balaban J connectivity index is 2.58. The van der Waals surface area contributed by atoms with E-state index in [1.54, 1.807) is 20.1 Å². The highest BCUT2D eigenvalue weighted by Gasteiger charge is 2.16. The van der Waals surface area contributed by atoms with Crippen LogP contribution in [0.4, 0.5) is 0 Å². The van der Waals surface area contributed by atoms with Gasteiger partial charge in [-0.15, -0.1) is 0 Å². The quantitative estimate of drug-likeness (QED) is 0.779. The minimum absolute atomic E-state index is 0.234. The first-order valence-electron chi connectivity index (χ1n) is 5.40. The third kappa shape index (κ3) is 4.37. The molecular weight excluding hydrogens is 218 g/mol. The smallest absolute Gasteiger partial charge is 0.317 e. The molecule has 0 bridgehead atoms. The molecule has 0 aliphatic heterocycles. The molecule has 0 atom stereocenters. The summed E-state index contributed by atoms with van der Waals surface area (Å²) in [6, 6.07) is 3.83. The zero-order valence-corrected chi connectivity index (χ0v) is 10.6. The monoisotopic (exact) mass is 235 g/mol. The largest absolute Gasteiger partial charge is 0.463 e. The first-order valence-corrected chi connectivity index (χ1v) is 5.40. The molecule has 1 heterocycles. The number of hydrogen-bond donors (Lipinski definition) is 0. The van der Waals surface area contributed by atoms with Gasteiger partial charge in [0.15, 0.2) is 0 Å². The van der Waals surface area contributed by atoms with Crippen molar-refractivity contribution >= 4 is 0 Å². The lowest BCUT2D eigenvalue weighted by molar-refractivity contribution is 0.00465. The first-order chi connectivity index (χ1) is 7.96. The lowest BCUT2D eigenvalue weighted by atomic mass is 10.1. The van der Waals surface area contributed by atoms with Gasteiger partial charge in [-0.25, -0.2) is 4.98 Å². The Kier molecular flexibility index (Phi) is 4.41. The van der Waals surface area contributed by atoms with Crippen LogP contribution in [0.5, 0.6) is 6.01 Å². The van der Waals surface area contributed by atoms with Crippen LogP contribution in [0.3, 0.4) is 0 Å². The summed E-state index contributed by atoms with van der Waals surface area (Å²) in [6.07, 6.45) is 0.725. The van der Waals surface area contributed by atoms with E-state index in [2.05, 4.69) is 9.97 Å². The summed E-state index contributed by atoms with van der Waals surface area (Å²) in [5, 5.41) is 8.76. The molecular formula is C12H17N3O2. The third-order valence-corrected chi connectivity index (χ3v) is 2.44. The van der Waals surface area contributed by atoms with E-state index >= 15 is 0 Å². The lowest BCUT2D eigenvalue weighted by Gasteiger charge is -2.22. The second kappa shape index (κ2) is 5.60. The standard InChI is InChI=1S/C12H17N3O2/c1-9-7-10(8-13)15-11(14-9)17-6-5-12(2,3)16-4/h7H,5-6H2,1-4H3. The van der Waals surface area contributed by atoms with Crippen molar-refractivity contribution in [2.24, 2.45) is 0 Å². The molecule has 0 saturated carbocycles. The van der Waals surface area contributed by atoms with Gasteiger partial charge in [0.1, 0.15) is 11.8 Å². The minimum Gasteiger partial charge on any atom is -0.463 e. The van der Waals surface area contributed by atoms with Crippen LogP contribution in [-0.4, -0.2) is 29.3 Å². The van der Waals surface area contributed by atoms with E-state index in [0.29, 0.717) is 12.3 Å². The number of rotatable bonds is 5. The molecule has 1 aromatic heterocycles. The Morgan fingerprint density at radius 2 is 2.12 bits per heavy atom. The highest BCUT2D eigenvalue weighted by Crippen LogP contribution is 2.14. The fourth-order valence-electron chi connectivity index (χ4n) is 1.15. The Bertz CT molecular complexity index is 424. The predicted molar refractivity (Wildman–Crippen MR) is 62.7 cm³/mol. The molecule has 0 aromatic carbocycles. The van der Waals surface area contributed by atoms with Crippen LogP contribution in [0.2, 0.25) is 0 Å². The van der Waals surface area contributed by atoms with Crippen molar-refractivity contribution in [3.63, 3.8) is 0 Å². The maximum absolute atomic E-state index is 8.76. The molecule has 0 amide bonds. The minimum atomic E-state index is -0.234. The van der Waals surface area contributed by atoms with E-state index in [-0.39, 0.29) is 11.6 Å². The molecule has 0 aliphatic carbocycles. The highest BCUT2D eigenvalue weighted by atomic mass is 16.5. The topological polar surface area (TPSA) is 68.0 Å². The molecule has 0 saturated heterocycles. The molecule has 92 valence electrons. The molecule has 0 spiro atoms. The van der Waals surface area contributed by atoms with Crippen LogP contribution in [0.25, 0.3) is 0 Å². The van der Waals surface area contributed by atoms with Crippen LogP contribution < -0.4 is 4.74 Å². The predicted octanol–water partition coefficient (Wildman–Crippen LogP) is 1.85. The van der Waals surface area contributed by atoms with Crippen molar-refractivity contribution in [1.29, 1.82) is 5.26 Å². The number of aryl methyl sites for hydroxylation is 1. The summed E-state index contributed by atoms with van der Waals surface area (Å²) in [6.45, 7) is 6.21. The van der Waals surface area contributed by atoms with Gasteiger partial charge in [0, 0.05) is 19.2 Å². The zero-order chi connectivity index (χ0) is 12.9. The molecule has 0 N–H and O–H groups in total. The van der Waals surface area contributed by atoms with Crippen molar-refractivity contribution in [3.05, 3.63) is 17.5 Å². The summed E-state index contributed by atoms with van der Waals surface area (Å²) < 4.78 is 10.7. The Labute approximate surface area is 101 Å². The molecule has 1 rings (SSSR count). The van der Waals surface area contributed by atoms with Crippen molar-refractivity contribution in [1.82, 2.24) is 9.97 Å². The van der Waals surface area contributed by atoms with E-state index in [1.165, 1.54) is 0 Å². The van der Waals surface area contributed by atoms with Crippen molar-refractivity contribution in [2.75, 3.05) is 13.7 Å². The van der Waals surface area contributed by atoms with E-state index in [9.17, 15) is 0 Å². The van der Waals surface area contributed by atoms with Gasteiger partial charge < -0.3 is 9.47 Å². The van der Waals surface area contributed by atoms with Crippen molar-refractivity contribution < 1.29 is 9.47 Å². The Morgan fingerprint density at radius 3 is 2.71 bits per heavy atom. The van der Waals surface area contributed by atoms with Gasteiger partial charge in [0.25, 0.3) is 0 Å². The van der Waals surface area contributed by atoms with Gasteiger partial charge in [-0.3, -0.25) is 0 Å². The summed E-state index contributed by atoms with van der Waals surface area (Å²) in [5.74, 6) is 0. The number of methoxy groups -OCH3 is 1. The number of ether oxygens (including phenoxy) is 2. The summed E-state index contributed by atoms with van der Waals surface area (Å²) in [5.41, 5.74) is 0.804. The third-order valence-electron chi connectivity index (χ3n) is 2.44. The fraction of sp³-hybridized carbons (Fsp3) is 0.583. The van der Waals surface area contributed by atoms with Crippen LogP contribution in [0.1, 0.15) is 31.7 Å². The summed E-state index contributed by atoms with van der Waals surface area (Å²) in [7, 11) is 1.66. The molecule has 0 fully saturated rings. The Morgan fingerprint density at radius 1 is 1.41 bits per heavy atom. The van der Waals surface area contributed by atoms with E-state index in [1.807, 2.05) is 19.9 Å². The molecule has 17 heavy (non-hydrogen) atoms. The maximum Gasteiger partial charge on any atom is 0.317 e. The van der Waals surface area contributed by atoms with Crippen molar-refractivity contribution in [2.45, 2.75) is 32.8 Å². The first kappa shape index (κ1) is 13.4. The normalized spacial score (nSPS) is 11.0. The van der Waals surface area contributed by atoms with E-state index < -0.39 is 0 Å². The van der Waals surface area contributed by atoms with E-state index in [0.717, 1.165) is 12.1 Å². The number of nitrogens with zero attached hydrogens (tertiary/aromatic N) is 3. The number of aromatic nitrogens is 2. The Hall–Kier alpha value is -1.67. The summed E-state index contributed by atoms with van der Waals surface area (Å²) >= 11 is 0. The number of nitriles is 1. The van der Waals surface area contributed by atoms with Crippen LogP contribution in [-0.2, 0) is 4.74 Å². The molecule has 1 aromatic rings. The van der Waals surface area contributed by atoms with Crippen LogP contribution in [0, 0.1) is 18.3 Å². The van der Waals surface area contributed by atoms with Crippen LogP contribution in [0.15, 0.2) is 6.07 Å². The summed E-state index contributed by atoms with van der Waals surface area (Å²) in [4.78, 5) is 8.06. The molecule has 0 aliphatic rings. The fourth-order valence-corrected chi connectivity index (χ4v) is 1.15. The van der Waals surface area contributed by atoms with Crippen LogP contribution >= 0.6 is 0 Å². The van der Waals surface area contributed by atoms with Gasteiger partial charge in [-0.05, 0) is 26.8 Å². The van der Waals surface area contributed by atoms with Gasteiger partial charge in [0.05, 0.1) is 12.2 Å². The van der Waals surface area contributed by atoms with Gasteiger partial charge in [-0.1, -0.05) is 0 Å². The molecule has 5 nitrogen and oxygen atoms in total. The maximum atomic E-state index is 8.76. The molecule has 0 radical (unpaired) electrons. The second-order valence-corrected chi connectivity index (χ2v) is 4.35. The molecule has 0 unspecified atom stereocenters. The highest BCUT2D eigenvalue weighted by molar-refractivity contribution is 5.23. The average molecular weight is 235 g/mol. The SMILES string of the molecule is COC(C)(C)CCOc1nc(C)cc(C#N)n1.